The van der Waals surface area contributed by atoms with Gasteiger partial charge in [0, 0.05) is 35.5 Å². The zero-order chi connectivity index (χ0) is 18.8. The normalized spacial score (nSPS) is 11.1. The maximum Gasteiger partial charge on any atom is 0.258 e. The first-order valence-corrected chi connectivity index (χ1v) is 10.3. The van der Waals surface area contributed by atoms with E-state index in [9.17, 15) is 4.79 Å². The van der Waals surface area contributed by atoms with Crippen LogP contribution in [0.25, 0.3) is 16.3 Å². The van der Waals surface area contributed by atoms with Crippen molar-refractivity contribution in [2.45, 2.75) is 17.5 Å². The lowest BCUT2D eigenvalue weighted by Crippen LogP contribution is -2.12. The molecule has 0 spiro atoms. The Morgan fingerprint density at radius 3 is 2.96 bits per heavy atom. The van der Waals surface area contributed by atoms with E-state index in [2.05, 4.69) is 21.8 Å². The molecule has 3 heterocycles. The lowest BCUT2D eigenvalue weighted by Gasteiger charge is -2.08. The maximum absolute atomic E-state index is 12.1. The van der Waals surface area contributed by atoms with Crippen LogP contribution in [0.15, 0.2) is 64.5 Å². The van der Waals surface area contributed by atoms with E-state index in [4.69, 9.17) is 11.6 Å². The summed E-state index contributed by atoms with van der Waals surface area (Å²) in [6.07, 6.45) is 3.51. The summed E-state index contributed by atoms with van der Waals surface area (Å²) in [6.45, 7) is 4.37. The molecule has 0 atom stereocenters. The van der Waals surface area contributed by atoms with Crippen molar-refractivity contribution in [1.82, 2.24) is 24.1 Å². The number of hydrogen-bond donors (Lipinski definition) is 0. The van der Waals surface area contributed by atoms with Crippen molar-refractivity contribution in [1.29, 1.82) is 0 Å². The van der Waals surface area contributed by atoms with Crippen molar-refractivity contribution in [3.63, 3.8) is 0 Å². The van der Waals surface area contributed by atoms with Gasteiger partial charge in [0.2, 0.25) is 0 Å². The minimum atomic E-state index is -0.0823. The first-order chi connectivity index (χ1) is 13.2. The summed E-state index contributed by atoms with van der Waals surface area (Å²) >= 11 is 9.22. The molecule has 0 saturated carbocycles. The standard InChI is InChI=1S/C18H14ClN5OS2/c1-2-7-24-16(13-5-3-4-6-14(13)19)21-22-18(24)27-11-12-10-15(25)23-8-9-26-17(23)20-12/h2-6,8-10H,1,7,11H2. The predicted molar refractivity (Wildman–Crippen MR) is 110 cm³/mol. The third-order valence-corrected chi connectivity index (χ3v) is 5.94. The van der Waals surface area contributed by atoms with Gasteiger partial charge in [-0.1, -0.05) is 41.6 Å². The highest BCUT2D eigenvalue weighted by Crippen LogP contribution is 2.30. The second-order valence-electron chi connectivity index (χ2n) is 5.62. The fourth-order valence-corrected chi connectivity index (χ4v) is 4.43. The third-order valence-electron chi connectivity index (χ3n) is 3.85. The first-order valence-electron chi connectivity index (χ1n) is 8.05. The molecule has 0 fully saturated rings. The molecular weight excluding hydrogens is 402 g/mol. The minimum absolute atomic E-state index is 0.0823. The van der Waals surface area contributed by atoms with E-state index in [1.807, 2.05) is 34.2 Å². The largest absolute Gasteiger partial charge is 0.298 e. The van der Waals surface area contributed by atoms with Crippen LogP contribution in [0.5, 0.6) is 0 Å². The topological polar surface area (TPSA) is 65.1 Å². The van der Waals surface area contributed by atoms with Gasteiger partial charge in [0.15, 0.2) is 15.9 Å². The van der Waals surface area contributed by atoms with E-state index in [1.165, 1.54) is 27.5 Å². The summed E-state index contributed by atoms with van der Waals surface area (Å²) in [5.74, 6) is 1.20. The van der Waals surface area contributed by atoms with Gasteiger partial charge in [0.05, 0.1) is 10.7 Å². The Morgan fingerprint density at radius 1 is 1.30 bits per heavy atom. The fraction of sp³-hybridized carbons (Fsp3) is 0.111. The molecule has 0 unspecified atom stereocenters. The summed E-state index contributed by atoms with van der Waals surface area (Å²) in [5, 5.41) is 11.8. The van der Waals surface area contributed by atoms with Crippen LogP contribution in [0.4, 0.5) is 0 Å². The van der Waals surface area contributed by atoms with Gasteiger partial charge in [-0.15, -0.1) is 28.1 Å². The molecule has 0 saturated heterocycles. The number of allylic oxidation sites excluding steroid dienone is 1. The van der Waals surface area contributed by atoms with Gasteiger partial charge in [-0.25, -0.2) is 4.98 Å². The molecular formula is C18H14ClN5OS2. The molecule has 0 radical (unpaired) electrons. The number of fused-ring (bicyclic) bond motifs is 1. The second-order valence-corrected chi connectivity index (χ2v) is 7.84. The quantitative estimate of drug-likeness (QED) is 0.349. The molecule has 6 nitrogen and oxygen atoms in total. The van der Waals surface area contributed by atoms with Gasteiger partial charge >= 0.3 is 0 Å². The third kappa shape index (κ3) is 3.55. The number of benzene rings is 1. The molecule has 3 aromatic heterocycles. The molecule has 9 heteroatoms. The number of thioether (sulfide) groups is 1. The summed E-state index contributed by atoms with van der Waals surface area (Å²) in [7, 11) is 0. The van der Waals surface area contributed by atoms with Gasteiger partial charge in [0.25, 0.3) is 5.56 Å². The fourth-order valence-electron chi connectivity index (χ4n) is 2.63. The smallest absolute Gasteiger partial charge is 0.258 e. The van der Waals surface area contributed by atoms with Crippen LogP contribution in [0.1, 0.15) is 5.69 Å². The summed E-state index contributed by atoms with van der Waals surface area (Å²) in [5.41, 5.74) is 1.44. The van der Waals surface area contributed by atoms with Crippen molar-refractivity contribution >= 4 is 39.7 Å². The van der Waals surface area contributed by atoms with E-state index in [0.717, 1.165) is 10.7 Å². The van der Waals surface area contributed by atoms with Crippen LogP contribution in [0.2, 0.25) is 5.02 Å². The van der Waals surface area contributed by atoms with Crippen molar-refractivity contribution in [3.05, 3.63) is 75.6 Å². The van der Waals surface area contributed by atoms with Crippen molar-refractivity contribution < 1.29 is 0 Å². The zero-order valence-corrected chi connectivity index (χ0v) is 16.5. The van der Waals surface area contributed by atoms with E-state index in [0.29, 0.717) is 33.8 Å². The monoisotopic (exact) mass is 415 g/mol. The van der Waals surface area contributed by atoms with Gasteiger partial charge < -0.3 is 0 Å². The molecule has 0 bridgehead atoms. The minimum Gasteiger partial charge on any atom is -0.298 e. The van der Waals surface area contributed by atoms with Crippen LogP contribution in [0.3, 0.4) is 0 Å². The number of thiazole rings is 1. The molecule has 0 aliphatic carbocycles. The van der Waals surface area contributed by atoms with E-state index in [-0.39, 0.29) is 5.56 Å². The first kappa shape index (κ1) is 18.0. The van der Waals surface area contributed by atoms with Crippen LogP contribution in [-0.2, 0) is 12.3 Å². The molecule has 0 N–H and O–H groups in total. The van der Waals surface area contributed by atoms with Crippen LogP contribution in [0, 0.1) is 0 Å². The number of nitrogens with zero attached hydrogens (tertiary/aromatic N) is 5. The Morgan fingerprint density at radius 2 is 2.15 bits per heavy atom. The van der Waals surface area contributed by atoms with Gasteiger partial charge in [-0.2, -0.15) is 0 Å². The Balaban J connectivity index is 1.64. The van der Waals surface area contributed by atoms with Crippen molar-refractivity contribution in [3.8, 4) is 11.4 Å². The van der Waals surface area contributed by atoms with Crippen LogP contribution >= 0.6 is 34.7 Å². The van der Waals surface area contributed by atoms with Crippen LogP contribution in [-0.4, -0.2) is 24.1 Å². The highest BCUT2D eigenvalue weighted by Gasteiger charge is 2.16. The van der Waals surface area contributed by atoms with E-state index < -0.39 is 0 Å². The Hall–Kier alpha value is -2.42. The molecule has 136 valence electrons. The molecule has 0 aliphatic rings. The zero-order valence-electron chi connectivity index (χ0n) is 14.1. The van der Waals surface area contributed by atoms with Crippen molar-refractivity contribution in [2.75, 3.05) is 0 Å². The number of halogens is 1. The molecule has 0 amide bonds. The summed E-state index contributed by atoms with van der Waals surface area (Å²) in [6, 6.07) is 9.07. The average molecular weight is 416 g/mol. The van der Waals surface area contributed by atoms with Gasteiger partial charge in [-0.05, 0) is 12.1 Å². The Kier molecular flexibility index (Phi) is 5.11. The van der Waals surface area contributed by atoms with E-state index >= 15 is 0 Å². The molecule has 1 aromatic carbocycles. The molecule has 4 aromatic rings. The van der Waals surface area contributed by atoms with E-state index in [1.54, 1.807) is 18.3 Å². The highest BCUT2D eigenvalue weighted by molar-refractivity contribution is 7.98. The predicted octanol–water partition coefficient (Wildman–Crippen LogP) is 4.15. The molecule has 27 heavy (non-hydrogen) atoms. The number of aromatic nitrogens is 5. The SMILES string of the molecule is C=CCn1c(SCc2cc(=O)n3ccsc3n2)nnc1-c1ccccc1Cl. The Bertz CT molecular complexity index is 1180. The summed E-state index contributed by atoms with van der Waals surface area (Å²) < 4.78 is 3.49. The lowest BCUT2D eigenvalue weighted by molar-refractivity contribution is 0.731. The van der Waals surface area contributed by atoms with Crippen molar-refractivity contribution in [2.24, 2.45) is 0 Å². The second kappa shape index (κ2) is 7.67. The molecule has 4 rings (SSSR count). The summed E-state index contributed by atoms with van der Waals surface area (Å²) in [4.78, 5) is 17.3. The highest BCUT2D eigenvalue weighted by atomic mass is 35.5. The average Bonchev–Trinajstić information content (AvgIpc) is 3.28. The van der Waals surface area contributed by atoms with Crippen LogP contribution < -0.4 is 5.56 Å². The number of rotatable bonds is 6. The molecule has 0 aliphatic heterocycles. The van der Waals surface area contributed by atoms with Gasteiger partial charge in [-0.3, -0.25) is 13.8 Å². The lowest BCUT2D eigenvalue weighted by atomic mass is 10.2. The Labute approximate surface area is 168 Å². The maximum atomic E-state index is 12.1. The van der Waals surface area contributed by atoms with Gasteiger partial charge in [0.1, 0.15) is 0 Å². The number of hydrogen-bond acceptors (Lipinski definition) is 6.